The van der Waals surface area contributed by atoms with Crippen molar-refractivity contribution >= 4 is 22.0 Å². The van der Waals surface area contributed by atoms with Gasteiger partial charge in [-0.15, -0.1) is 0 Å². The van der Waals surface area contributed by atoms with E-state index in [1.54, 1.807) is 0 Å². The highest BCUT2D eigenvalue weighted by molar-refractivity contribution is 7.89. The fourth-order valence-electron chi connectivity index (χ4n) is 5.98. The number of hydrogen-bond acceptors (Lipinski definition) is 8. The number of carbonyl (C=O) groups excluding carboxylic acids is 2. The molecular weight excluding hydrogens is 550 g/mol. The van der Waals surface area contributed by atoms with Gasteiger partial charge in [-0.1, -0.05) is 30.3 Å². The average Bonchev–Trinajstić information content (AvgIpc) is 3.68. The molecule has 2 aliphatic heterocycles. The molecule has 2 aromatic rings. The molecule has 2 heterocycles. The number of alkyl carbamates (subject to hydrolysis) is 1. The molecule has 2 aromatic carbocycles. The quantitative estimate of drug-likeness (QED) is 0.311. The number of carbonyl (C=O) groups is 2. The predicted octanol–water partition coefficient (Wildman–Crippen LogP) is 1.93. The summed E-state index contributed by atoms with van der Waals surface area (Å²) in [4.78, 5) is 24.8. The predicted molar refractivity (Wildman–Crippen MR) is 148 cm³/mol. The van der Waals surface area contributed by atoms with E-state index in [2.05, 4.69) is 10.6 Å². The van der Waals surface area contributed by atoms with Gasteiger partial charge in [0, 0.05) is 38.1 Å². The summed E-state index contributed by atoms with van der Waals surface area (Å²) in [6.45, 7) is 0.258. The van der Waals surface area contributed by atoms with Gasteiger partial charge in [0.1, 0.15) is 11.9 Å². The van der Waals surface area contributed by atoms with Crippen LogP contribution >= 0.6 is 0 Å². The minimum Gasteiger partial charge on any atom is -0.508 e. The third-order valence-corrected chi connectivity index (χ3v) is 10.0. The lowest BCUT2D eigenvalue weighted by Crippen LogP contribution is -2.52. The van der Waals surface area contributed by atoms with E-state index in [1.807, 2.05) is 30.3 Å². The van der Waals surface area contributed by atoms with Crippen LogP contribution in [0.25, 0.3) is 0 Å². The molecule has 4 N–H and O–H groups in total. The Balaban J connectivity index is 1.34. The molecule has 1 unspecified atom stereocenters. The second-order valence-corrected chi connectivity index (χ2v) is 12.9. The number of rotatable bonds is 11. The number of hydrogen-bond donors (Lipinski definition) is 4. The molecule has 6 atom stereocenters. The zero-order valence-corrected chi connectivity index (χ0v) is 23.5. The van der Waals surface area contributed by atoms with Crippen molar-refractivity contribution in [3.63, 3.8) is 0 Å². The summed E-state index contributed by atoms with van der Waals surface area (Å²) in [6, 6.07) is 13.1. The van der Waals surface area contributed by atoms with Crippen LogP contribution in [0.15, 0.2) is 59.5 Å². The van der Waals surface area contributed by atoms with Gasteiger partial charge in [-0.2, -0.15) is 4.31 Å². The molecule has 11 nitrogen and oxygen atoms in total. The molecule has 0 bridgehead atoms. The molecule has 3 aliphatic rings. The highest BCUT2D eigenvalue weighted by Gasteiger charge is 2.43. The van der Waals surface area contributed by atoms with Gasteiger partial charge >= 0.3 is 6.09 Å². The molecule has 41 heavy (non-hydrogen) atoms. The van der Waals surface area contributed by atoms with Crippen molar-refractivity contribution in [1.82, 2.24) is 14.9 Å². The summed E-state index contributed by atoms with van der Waals surface area (Å²) in [7, 11) is -4.13. The highest BCUT2D eigenvalue weighted by atomic mass is 32.2. The molecule has 0 spiro atoms. The van der Waals surface area contributed by atoms with Crippen LogP contribution in [0.4, 0.5) is 4.79 Å². The number of aliphatic hydroxyl groups is 1. The second kappa shape index (κ2) is 12.8. The fourth-order valence-corrected chi connectivity index (χ4v) is 7.49. The summed E-state index contributed by atoms with van der Waals surface area (Å²) in [5.74, 6) is -0.0847. The average molecular weight is 588 g/mol. The summed E-state index contributed by atoms with van der Waals surface area (Å²) < 4.78 is 40.0. The van der Waals surface area contributed by atoms with Crippen molar-refractivity contribution in [2.45, 2.75) is 73.8 Å². The second-order valence-electron chi connectivity index (χ2n) is 11.0. The number of nitrogens with one attached hydrogen (secondary N) is 2. The van der Waals surface area contributed by atoms with Crippen molar-refractivity contribution < 1.29 is 37.7 Å². The number of aliphatic hydroxyl groups excluding tert-OH is 1. The molecule has 2 saturated heterocycles. The van der Waals surface area contributed by atoms with Gasteiger partial charge in [0.2, 0.25) is 15.9 Å². The Morgan fingerprint density at radius 3 is 2.56 bits per heavy atom. The number of phenols is 1. The smallest absolute Gasteiger partial charge is 0.407 e. The summed E-state index contributed by atoms with van der Waals surface area (Å²) in [5, 5.41) is 26.7. The maximum Gasteiger partial charge on any atom is 0.407 e. The lowest BCUT2D eigenvalue weighted by Gasteiger charge is -2.31. The Labute approximate surface area is 239 Å². The minimum absolute atomic E-state index is 0.0559. The highest BCUT2D eigenvalue weighted by Crippen LogP contribution is 2.37. The molecule has 5 rings (SSSR count). The largest absolute Gasteiger partial charge is 0.508 e. The topological polar surface area (TPSA) is 154 Å². The number of fused-ring (bicyclic) bond motifs is 1. The lowest BCUT2D eigenvalue weighted by atomic mass is 10.0. The van der Waals surface area contributed by atoms with Crippen LogP contribution in [0, 0.1) is 5.92 Å². The van der Waals surface area contributed by atoms with Crippen molar-refractivity contribution in [2.75, 3.05) is 19.7 Å². The first kappa shape index (κ1) is 29.3. The fraction of sp³-hybridized carbons (Fsp3) is 0.517. The Morgan fingerprint density at radius 1 is 1.10 bits per heavy atom. The number of aromatic hydroxyl groups is 1. The van der Waals surface area contributed by atoms with Crippen LogP contribution in [-0.4, -0.2) is 85.0 Å². The van der Waals surface area contributed by atoms with E-state index in [0.717, 1.165) is 22.7 Å². The maximum atomic E-state index is 13.7. The van der Waals surface area contributed by atoms with Crippen LogP contribution in [0.3, 0.4) is 0 Å². The minimum atomic E-state index is -4.13. The zero-order chi connectivity index (χ0) is 29.0. The molecule has 1 saturated carbocycles. The number of phenolic OH excluding ortho intramolecular Hbond substituents is 1. The first-order valence-electron chi connectivity index (χ1n) is 14.1. The molecular formula is C29H37N3O8S. The standard InChI is InChI=1S/C29H37N3O8S/c33-21-7-9-22(10-8-21)41(37,38)32(17-20-6-13-28(35)30-20)18-25(34)24(16-19-4-2-1-3-5-19)31-29(36)40-27-12-11-26-23(27)14-15-39-26/h1-5,7-10,20,23-27,33-34H,6,11-18H2,(H,30,35)(H,31,36)/t20-,23-,24+,25-,26-,27?/m1/s1. The first-order chi connectivity index (χ1) is 19.7. The molecule has 1 aliphatic carbocycles. The SMILES string of the molecule is O=C1CC[C@H](CN(C[C@@H](O)[C@H](Cc2ccccc2)NC(=O)OC2CC[C@H]3OCC[C@@H]23)S(=O)(=O)c2ccc(O)cc2)N1. The van der Waals surface area contributed by atoms with Crippen LogP contribution < -0.4 is 10.6 Å². The van der Waals surface area contributed by atoms with Gasteiger partial charge < -0.3 is 30.3 Å². The van der Waals surface area contributed by atoms with Gasteiger partial charge in [-0.05, 0) is 61.9 Å². The van der Waals surface area contributed by atoms with Gasteiger partial charge in [-0.25, -0.2) is 13.2 Å². The van der Waals surface area contributed by atoms with Gasteiger partial charge in [0.25, 0.3) is 0 Å². The molecule has 3 fully saturated rings. The first-order valence-corrected chi connectivity index (χ1v) is 15.5. The van der Waals surface area contributed by atoms with Crippen molar-refractivity contribution in [3.05, 3.63) is 60.2 Å². The van der Waals surface area contributed by atoms with Crippen molar-refractivity contribution in [1.29, 1.82) is 0 Å². The normalized spacial score (nSPS) is 25.5. The van der Waals surface area contributed by atoms with E-state index in [9.17, 15) is 28.2 Å². The Hall–Kier alpha value is -3.19. The number of amides is 2. The molecule has 0 aromatic heterocycles. The summed E-state index contributed by atoms with van der Waals surface area (Å²) in [6.07, 6.45) is 1.23. The van der Waals surface area contributed by atoms with Crippen LogP contribution in [-0.2, 0) is 30.7 Å². The third-order valence-electron chi connectivity index (χ3n) is 8.17. The van der Waals surface area contributed by atoms with E-state index in [0.29, 0.717) is 25.9 Å². The zero-order valence-electron chi connectivity index (χ0n) is 22.7. The number of sulfonamides is 1. The number of nitrogens with zero attached hydrogens (tertiary/aromatic N) is 1. The molecule has 12 heteroatoms. The summed E-state index contributed by atoms with van der Waals surface area (Å²) >= 11 is 0. The van der Waals surface area contributed by atoms with E-state index < -0.39 is 34.3 Å². The maximum absolute atomic E-state index is 13.7. The Bertz CT molecular complexity index is 1310. The van der Waals surface area contributed by atoms with E-state index in [-0.39, 0.29) is 54.2 Å². The van der Waals surface area contributed by atoms with Crippen LogP contribution in [0.2, 0.25) is 0 Å². The van der Waals surface area contributed by atoms with Crippen molar-refractivity contribution in [2.24, 2.45) is 5.92 Å². The summed E-state index contributed by atoms with van der Waals surface area (Å²) in [5.41, 5.74) is 0.845. The number of ether oxygens (including phenoxy) is 2. The Morgan fingerprint density at radius 2 is 1.85 bits per heavy atom. The third kappa shape index (κ3) is 7.18. The Kier molecular flexibility index (Phi) is 9.12. The van der Waals surface area contributed by atoms with E-state index >= 15 is 0 Å². The van der Waals surface area contributed by atoms with E-state index in [1.165, 1.54) is 24.3 Å². The van der Waals surface area contributed by atoms with Gasteiger partial charge in [0.05, 0.1) is 23.1 Å². The van der Waals surface area contributed by atoms with Crippen molar-refractivity contribution in [3.8, 4) is 5.75 Å². The molecule has 222 valence electrons. The molecule has 0 radical (unpaired) electrons. The van der Waals surface area contributed by atoms with Crippen LogP contribution in [0.1, 0.15) is 37.7 Å². The van der Waals surface area contributed by atoms with Gasteiger partial charge in [-0.3, -0.25) is 4.79 Å². The van der Waals surface area contributed by atoms with Gasteiger partial charge in [0.15, 0.2) is 0 Å². The molecule has 2 amide bonds. The van der Waals surface area contributed by atoms with Crippen LogP contribution in [0.5, 0.6) is 5.75 Å². The number of benzene rings is 2. The lowest BCUT2D eigenvalue weighted by molar-refractivity contribution is -0.119. The van der Waals surface area contributed by atoms with E-state index in [4.69, 9.17) is 9.47 Å². The monoisotopic (exact) mass is 587 g/mol.